The number of nitrogen functional groups attached to an aromatic ring is 1. The molecular weight excluding hydrogens is 254 g/mol. The Morgan fingerprint density at radius 2 is 2.00 bits per heavy atom. The van der Waals surface area contributed by atoms with Gasteiger partial charge in [0, 0.05) is 12.0 Å². The van der Waals surface area contributed by atoms with Crippen molar-refractivity contribution in [3.8, 4) is 0 Å². The monoisotopic (exact) mass is 279 g/mol. The van der Waals surface area contributed by atoms with E-state index in [0.29, 0.717) is 5.82 Å². The molecule has 2 aliphatic rings. The molecule has 3 atom stereocenters. The smallest absolute Gasteiger partial charge is 0.163 e. The minimum Gasteiger partial charge on any atom is -0.384 e. The maximum atomic E-state index is 6.11. The zero-order chi connectivity index (χ0) is 14.7. The van der Waals surface area contributed by atoms with Gasteiger partial charge in [0.1, 0.15) is 5.82 Å². The van der Waals surface area contributed by atoms with Crippen molar-refractivity contribution < 1.29 is 9.47 Å². The maximum Gasteiger partial charge on any atom is 0.163 e. The van der Waals surface area contributed by atoms with E-state index >= 15 is 0 Å². The van der Waals surface area contributed by atoms with Crippen LogP contribution < -0.4 is 5.73 Å². The molecule has 0 spiro atoms. The van der Waals surface area contributed by atoms with Crippen molar-refractivity contribution >= 4 is 5.82 Å². The zero-order valence-electron chi connectivity index (χ0n) is 13.0. The number of rotatable bonds is 1. The Bertz CT molecular complexity index is 516. The minimum absolute atomic E-state index is 0.104. The molecule has 0 bridgehead atoms. The Balaban J connectivity index is 1.88. The first-order valence-corrected chi connectivity index (χ1v) is 7.39. The van der Waals surface area contributed by atoms with Gasteiger partial charge in [-0.1, -0.05) is 0 Å². The van der Waals surface area contributed by atoms with Crippen LogP contribution in [0.4, 0.5) is 5.82 Å². The van der Waals surface area contributed by atoms with E-state index in [1.54, 1.807) is 0 Å². The van der Waals surface area contributed by atoms with E-state index in [1.165, 1.54) is 0 Å². The van der Waals surface area contributed by atoms with Crippen LogP contribution in [0.25, 0.3) is 0 Å². The molecule has 3 rings (SSSR count). The summed E-state index contributed by atoms with van der Waals surface area (Å²) in [5.74, 6) is 0.522. The molecule has 2 fully saturated rings. The van der Waals surface area contributed by atoms with Gasteiger partial charge in [-0.05, 0) is 47.5 Å². The third-order valence-corrected chi connectivity index (χ3v) is 4.15. The Hall–Kier alpha value is -1.07. The van der Waals surface area contributed by atoms with Crippen LogP contribution in [0.3, 0.4) is 0 Å². The molecule has 1 saturated carbocycles. The summed E-state index contributed by atoms with van der Waals surface area (Å²) in [6, 6.07) is 1.99. The van der Waals surface area contributed by atoms with E-state index in [2.05, 4.69) is 20.8 Å². The molecule has 1 aromatic heterocycles. The van der Waals surface area contributed by atoms with Gasteiger partial charge in [-0.3, -0.25) is 0 Å². The van der Waals surface area contributed by atoms with Gasteiger partial charge in [0.05, 0.1) is 23.4 Å². The largest absolute Gasteiger partial charge is 0.384 e. The van der Waals surface area contributed by atoms with E-state index in [4.69, 9.17) is 20.3 Å². The summed E-state index contributed by atoms with van der Waals surface area (Å²) >= 11 is 0. The Kier molecular flexibility index (Phi) is 2.93. The SMILES string of the molecule is CC1(C)O[C@H]2[C@H](CC[C@H]2c2cc(N)n(C(C)(C)C)n2)O1. The topological polar surface area (TPSA) is 62.3 Å². The van der Waals surface area contributed by atoms with Gasteiger partial charge >= 0.3 is 0 Å². The molecule has 20 heavy (non-hydrogen) atoms. The molecule has 0 aromatic carbocycles. The molecule has 1 aromatic rings. The lowest BCUT2D eigenvalue weighted by atomic mass is 10.0. The molecule has 0 radical (unpaired) electrons. The number of hydrogen-bond donors (Lipinski definition) is 1. The molecule has 112 valence electrons. The summed E-state index contributed by atoms with van der Waals surface area (Å²) in [6.45, 7) is 10.3. The van der Waals surface area contributed by atoms with Crippen LogP contribution in [0, 0.1) is 0 Å². The number of ether oxygens (including phenoxy) is 2. The van der Waals surface area contributed by atoms with Crippen LogP contribution in [-0.2, 0) is 15.0 Å². The van der Waals surface area contributed by atoms with Crippen molar-refractivity contribution in [2.75, 3.05) is 5.73 Å². The first-order chi connectivity index (χ1) is 9.17. The van der Waals surface area contributed by atoms with Gasteiger partial charge in [-0.2, -0.15) is 5.10 Å². The third-order valence-electron chi connectivity index (χ3n) is 4.15. The van der Waals surface area contributed by atoms with E-state index < -0.39 is 5.79 Å². The van der Waals surface area contributed by atoms with Gasteiger partial charge < -0.3 is 15.2 Å². The van der Waals surface area contributed by atoms with Crippen molar-refractivity contribution in [2.24, 2.45) is 0 Å². The molecule has 2 heterocycles. The summed E-state index contributed by atoms with van der Waals surface area (Å²) in [5.41, 5.74) is 7.04. The second kappa shape index (κ2) is 4.21. The number of hydrogen-bond acceptors (Lipinski definition) is 4. The number of nitrogens with zero attached hydrogens (tertiary/aromatic N) is 2. The van der Waals surface area contributed by atoms with Crippen molar-refractivity contribution in [3.63, 3.8) is 0 Å². The predicted octanol–water partition coefficient (Wildman–Crippen LogP) is 2.62. The molecule has 0 amide bonds. The van der Waals surface area contributed by atoms with Crippen LogP contribution in [0.15, 0.2) is 6.07 Å². The second-order valence-corrected chi connectivity index (χ2v) is 7.40. The third kappa shape index (κ3) is 2.23. The number of anilines is 1. The van der Waals surface area contributed by atoms with Crippen molar-refractivity contribution in [1.82, 2.24) is 9.78 Å². The van der Waals surface area contributed by atoms with Gasteiger partial charge in [0.15, 0.2) is 5.79 Å². The maximum absolute atomic E-state index is 6.11. The summed E-state index contributed by atoms with van der Waals surface area (Å²) in [4.78, 5) is 0. The lowest BCUT2D eigenvalue weighted by Crippen LogP contribution is -2.26. The zero-order valence-corrected chi connectivity index (χ0v) is 13.0. The molecule has 1 aliphatic carbocycles. The highest BCUT2D eigenvalue weighted by molar-refractivity contribution is 5.34. The minimum atomic E-state index is -0.480. The number of fused-ring (bicyclic) bond motifs is 1. The number of aromatic nitrogens is 2. The fraction of sp³-hybridized carbons (Fsp3) is 0.800. The average Bonchev–Trinajstić information content (AvgIpc) is 2.88. The van der Waals surface area contributed by atoms with Crippen LogP contribution in [0.2, 0.25) is 0 Å². The van der Waals surface area contributed by atoms with Gasteiger partial charge in [-0.25, -0.2) is 4.68 Å². The Labute approximate surface area is 120 Å². The van der Waals surface area contributed by atoms with Gasteiger partial charge in [0.2, 0.25) is 0 Å². The lowest BCUT2D eigenvalue weighted by molar-refractivity contribution is -0.153. The van der Waals surface area contributed by atoms with Crippen molar-refractivity contribution in [3.05, 3.63) is 11.8 Å². The highest BCUT2D eigenvalue weighted by Crippen LogP contribution is 2.46. The van der Waals surface area contributed by atoms with Crippen LogP contribution >= 0.6 is 0 Å². The van der Waals surface area contributed by atoms with Crippen molar-refractivity contribution in [1.29, 1.82) is 0 Å². The van der Waals surface area contributed by atoms with E-state index in [1.807, 2.05) is 24.6 Å². The van der Waals surface area contributed by atoms with E-state index in [0.717, 1.165) is 18.5 Å². The van der Waals surface area contributed by atoms with Gasteiger partial charge in [0.25, 0.3) is 0 Å². The lowest BCUT2D eigenvalue weighted by Gasteiger charge is -2.22. The first kappa shape index (κ1) is 13.9. The van der Waals surface area contributed by atoms with Crippen molar-refractivity contribution in [2.45, 2.75) is 76.9 Å². The van der Waals surface area contributed by atoms with E-state index in [9.17, 15) is 0 Å². The van der Waals surface area contributed by atoms with Crippen LogP contribution in [-0.4, -0.2) is 27.8 Å². The molecule has 5 heteroatoms. The molecule has 1 saturated heterocycles. The summed E-state index contributed by atoms with van der Waals surface area (Å²) in [7, 11) is 0. The fourth-order valence-corrected chi connectivity index (χ4v) is 3.38. The quantitative estimate of drug-likeness (QED) is 0.858. The molecule has 2 N–H and O–H groups in total. The van der Waals surface area contributed by atoms with Crippen LogP contribution in [0.1, 0.15) is 59.1 Å². The predicted molar refractivity (Wildman–Crippen MR) is 77.4 cm³/mol. The molecule has 5 nitrogen and oxygen atoms in total. The standard InChI is InChI=1S/C15H25N3O2/c1-14(2,3)18-12(16)8-10(17-18)9-6-7-11-13(9)20-15(4,5)19-11/h8-9,11,13H,6-7,16H2,1-5H3/t9-,11-,13+/m0/s1. The fourth-order valence-electron chi connectivity index (χ4n) is 3.38. The molecule has 1 aliphatic heterocycles. The first-order valence-electron chi connectivity index (χ1n) is 7.39. The normalized spacial score (nSPS) is 32.5. The summed E-state index contributed by atoms with van der Waals surface area (Å²) in [6.07, 6.45) is 2.37. The van der Waals surface area contributed by atoms with Crippen LogP contribution in [0.5, 0.6) is 0 Å². The number of nitrogens with two attached hydrogens (primary N) is 1. The highest BCUT2D eigenvalue weighted by atomic mass is 16.8. The van der Waals surface area contributed by atoms with E-state index in [-0.39, 0.29) is 23.7 Å². The Morgan fingerprint density at radius 1 is 1.30 bits per heavy atom. The Morgan fingerprint density at radius 3 is 2.60 bits per heavy atom. The highest BCUT2D eigenvalue weighted by Gasteiger charge is 2.50. The van der Waals surface area contributed by atoms with Gasteiger partial charge in [-0.15, -0.1) is 0 Å². The molecule has 0 unspecified atom stereocenters. The average molecular weight is 279 g/mol. The summed E-state index contributed by atoms with van der Waals surface area (Å²) < 4.78 is 13.9. The molecular formula is C15H25N3O2. The second-order valence-electron chi connectivity index (χ2n) is 7.40. The summed E-state index contributed by atoms with van der Waals surface area (Å²) in [5, 5.41) is 4.73.